The van der Waals surface area contributed by atoms with E-state index in [9.17, 15) is 4.79 Å². The second-order valence-corrected chi connectivity index (χ2v) is 7.22. The highest BCUT2D eigenvalue weighted by molar-refractivity contribution is 7.99. The van der Waals surface area contributed by atoms with Crippen molar-refractivity contribution in [3.63, 3.8) is 0 Å². The van der Waals surface area contributed by atoms with E-state index in [1.54, 1.807) is 16.8 Å². The standard InChI is InChI=1S/C17H15Cl2N5OS/c1-11(12-7-8-14(18)15(19)9-12)20-16(25)10-26-17-21-22-23-24(17)13-5-3-2-4-6-13/h2-9,11H,10H2,1H3,(H,20,25). The van der Waals surface area contributed by atoms with Crippen LogP contribution in [-0.4, -0.2) is 31.9 Å². The van der Waals surface area contributed by atoms with Crippen LogP contribution >= 0.6 is 35.0 Å². The molecule has 0 radical (unpaired) electrons. The first-order valence-electron chi connectivity index (χ1n) is 7.75. The summed E-state index contributed by atoms with van der Waals surface area (Å²) in [5, 5.41) is 16.0. The summed E-state index contributed by atoms with van der Waals surface area (Å²) in [7, 11) is 0. The van der Waals surface area contributed by atoms with Crippen LogP contribution in [0, 0.1) is 0 Å². The summed E-state index contributed by atoms with van der Waals surface area (Å²) >= 11 is 13.2. The van der Waals surface area contributed by atoms with Crippen LogP contribution in [0.4, 0.5) is 0 Å². The summed E-state index contributed by atoms with van der Waals surface area (Å²) in [6.45, 7) is 1.89. The van der Waals surface area contributed by atoms with Gasteiger partial charge in [0, 0.05) is 0 Å². The SMILES string of the molecule is CC(NC(=O)CSc1nnnn1-c1ccccc1)c1ccc(Cl)c(Cl)c1. The molecule has 1 heterocycles. The van der Waals surface area contributed by atoms with Crippen LogP contribution in [0.3, 0.4) is 0 Å². The largest absolute Gasteiger partial charge is 0.349 e. The van der Waals surface area contributed by atoms with E-state index in [1.165, 1.54) is 11.8 Å². The van der Waals surface area contributed by atoms with E-state index in [0.717, 1.165) is 11.3 Å². The number of carbonyl (C=O) groups is 1. The van der Waals surface area contributed by atoms with Gasteiger partial charge >= 0.3 is 0 Å². The number of amides is 1. The summed E-state index contributed by atoms with van der Waals surface area (Å²) in [5.41, 5.74) is 1.72. The number of benzene rings is 2. The first-order chi connectivity index (χ1) is 12.5. The highest BCUT2D eigenvalue weighted by Crippen LogP contribution is 2.25. The van der Waals surface area contributed by atoms with Gasteiger partial charge in [0.1, 0.15) is 0 Å². The Morgan fingerprint density at radius 1 is 1.19 bits per heavy atom. The van der Waals surface area contributed by atoms with Gasteiger partial charge in [-0.1, -0.05) is 59.2 Å². The van der Waals surface area contributed by atoms with Gasteiger partial charge in [-0.3, -0.25) is 4.79 Å². The average molecular weight is 408 g/mol. The molecule has 0 fully saturated rings. The Kier molecular flexibility index (Phi) is 6.13. The molecule has 6 nitrogen and oxygen atoms in total. The molecule has 2 aromatic carbocycles. The number of para-hydroxylation sites is 1. The molecule has 9 heteroatoms. The quantitative estimate of drug-likeness (QED) is 0.626. The highest BCUT2D eigenvalue weighted by Gasteiger charge is 2.14. The Bertz CT molecular complexity index is 903. The van der Waals surface area contributed by atoms with Gasteiger partial charge in [0.25, 0.3) is 0 Å². The Labute approximate surface area is 164 Å². The maximum Gasteiger partial charge on any atom is 0.230 e. The van der Waals surface area contributed by atoms with Gasteiger partial charge in [-0.25, -0.2) is 0 Å². The second-order valence-electron chi connectivity index (χ2n) is 5.46. The predicted octanol–water partition coefficient (Wildman–Crippen LogP) is 3.94. The van der Waals surface area contributed by atoms with Gasteiger partial charge in [-0.2, -0.15) is 4.68 Å². The summed E-state index contributed by atoms with van der Waals surface area (Å²) in [5.74, 6) is 0.0648. The number of nitrogens with one attached hydrogen (secondary N) is 1. The number of hydrogen-bond donors (Lipinski definition) is 1. The molecule has 1 N–H and O–H groups in total. The van der Waals surface area contributed by atoms with E-state index in [2.05, 4.69) is 20.8 Å². The Morgan fingerprint density at radius 2 is 1.96 bits per heavy atom. The number of nitrogens with zero attached hydrogens (tertiary/aromatic N) is 4. The van der Waals surface area contributed by atoms with Crippen LogP contribution in [0.1, 0.15) is 18.5 Å². The van der Waals surface area contributed by atoms with Gasteiger partial charge in [-0.15, -0.1) is 5.10 Å². The minimum absolute atomic E-state index is 0.129. The molecule has 1 amide bonds. The number of thioether (sulfide) groups is 1. The van der Waals surface area contributed by atoms with Crippen LogP contribution in [-0.2, 0) is 4.79 Å². The molecule has 3 aromatic rings. The van der Waals surface area contributed by atoms with E-state index >= 15 is 0 Å². The maximum absolute atomic E-state index is 12.3. The van der Waals surface area contributed by atoms with Crippen molar-refractivity contribution in [2.45, 2.75) is 18.1 Å². The molecule has 1 atom stereocenters. The van der Waals surface area contributed by atoms with E-state index in [1.807, 2.05) is 43.3 Å². The van der Waals surface area contributed by atoms with Gasteiger partial charge < -0.3 is 5.32 Å². The fourth-order valence-electron chi connectivity index (χ4n) is 2.28. The van der Waals surface area contributed by atoms with Crippen LogP contribution in [0.5, 0.6) is 0 Å². The van der Waals surface area contributed by atoms with Crippen LogP contribution in [0.2, 0.25) is 10.0 Å². The zero-order valence-electron chi connectivity index (χ0n) is 13.8. The monoisotopic (exact) mass is 407 g/mol. The molecule has 0 bridgehead atoms. The van der Waals surface area contributed by atoms with Crippen molar-refractivity contribution in [2.75, 3.05) is 5.75 Å². The number of aromatic nitrogens is 4. The minimum Gasteiger partial charge on any atom is -0.349 e. The normalized spacial score (nSPS) is 12.0. The van der Waals surface area contributed by atoms with Crippen molar-refractivity contribution >= 4 is 40.9 Å². The molecule has 0 spiro atoms. The molecular formula is C17H15Cl2N5OS. The third kappa shape index (κ3) is 4.55. The maximum atomic E-state index is 12.3. The Morgan fingerprint density at radius 3 is 2.69 bits per heavy atom. The molecule has 0 saturated heterocycles. The third-order valence-corrected chi connectivity index (χ3v) is 5.25. The van der Waals surface area contributed by atoms with E-state index in [4.69, 9.17) is 23.2 Å². The topological polar surface area (TPSA) is 72.7 Å². The van der Waals surface area contributed by atoms with Crippen LogP contribution in [0.15, 0.2) is 53.7 Å². The summed E-state index contributed by atoms with van der Waals surface area (Å²) in [4.78, 5) is 12.3. The first-order valence-corrected chi connectivity index (χ1v) is 9.49. The molecule has 26 heavy (non-hydrogen) atoms. The van der Waals surface area contributed by atoms with E-state index < -0.39 is 0 Å². The van der Waals surface area contributed by atoms with Crippen molar-refractivity contribution in [1.82, 2.24) is 25.5 Å². The molecule has 134 valence electrons. The average Bonchev–Trinajstić information content (AvgIpc) is 3.11. The smallest absolute Gasteiger partial charge is 0.230 e. The molecule has 0 aliphatic rings. The Hall–Kier alpha value is -2.09. The lowest BCUT2D eigenvalue weighted by molar-refractivity contribution is -0.119. The van der Waals surface area contributed by atoms with Gasteiger partial charge in [0.2, 0.25) is 11.1 Å². The van der Waals surface area contributed by atoms with Gasteiger partial charge in [-0.05, 0) is 47.2 Å². The number of hydrogen-bond acceptors (Lipinski definition) is 5. The van der Waals surface area contributed by atoms with Gasteiger partial charge in [0.05, 0.1) is 27.5 Å². The molecule has 0 aliphatic heterocycles. The minimum atomic E-state index is -0.192. The molecule has 1 unspecified atom stereocenters. The van der Waals surface area contributed by atoms with E-state index in [0.29, 0.717) is 15.2 Å². The van der Waals surface area contributed by atoms with Crippen molar-refractivity contribution in [3.8, 4) is 5.69 Å². The predicted molar refractivity (Wildman–Crippen MR) is 103 cm³/mol. The van der Waals surface area contributed by atoms with Crippen molar-refractivity contribution in [2.24, 2.45) is 0 Å². The lowest BCUT2D eigenvalue weighted by Gasteiger charge is -2.14. The second kappa shape index (κ2) is 8.53. The Balaban J connectivity index is 1.60. The summed E-state index contributed by atoms with van der Waals surface area (Å²) in [6, 6.07) is 14.6. The number of tetrazole rings is 1. The zero-order chi connectivity index (χ0) is 18.5. The molecule has 0 aliphatic carbocycles. The van der Waals surface area contributed by atoms with Crippen molar-refractivity contribution in [1.29, 1.82) is 0 Å². The van der Waals surface area contributed by atoms with Crippen LogP contribution < -0.4 is 5.32 Å². The lowest BCUT2D eigenvalue weighted by atomic mass is 10.1. The van der Waals surface area contributed by atoms with Crippen molar-refractivity contribution in [3.05, 3.63) is 64.1 Å². The fraction of sp³-hybridized carbons (Fsp3) is 0.176. The van der Waals surface area contributed by atoms with Gasteiger partial charge in [0.15, 0.2) is 0 Å². The zero-order valence-corrected chi connectivity index (χ0v) is 16.1. The summed E-state index contributed by atoms with van der Waals surface area (Å²) in [6.07, 6.45) is 0. The number of carbonyl (C=O) groups excluding carboxylic acids is 1. The number of rotatable bonds is 6. The number of halogens is 2. The third-order valence-electron chi connectivity index (χ3n) is 3.60. The lowest BCUT2D eigenvalue weighted by Crippen LogP contribution is -2.28. The summed E-state index contributed by atoms with van der Waals surface area (Å²) < 4.78 is 1.60. The molecule has 3 rings (SSSR count). The first kappa shape index (κ1) is 18.7. The molecule has 1 aromatic heterocycles. The van der Waals surface area contributed by atoms with Crippen LogP contribution in [0.25, 0.3) is 5.69 Å². The molecule has 0 saturated carbocycles. The highest BCUT2D eigenvalue weighted by atomic mass is 35.5. The van der Waals surface area contributed by atoms with E-state index in [-0.39, 0.29) is 17.7 Å². The fourth-order valence-corrected chi connectivity index (χ4v) is 3.29. The van der Waals surface area contributed by atoms with Crippen molar-refractivity contribution < 1.29 is 4.79 Å². The molecular weight excluding hydrogens is 393 g/mol.